The molecule has 0 spiro atoms. The van der Waals surface area contributed by atoms with Gasteiger partial charge in [0.1, 0.15) is 11.5 Å². The van der Waals surface area contributed by atoms with Gasteiger partial charge in [-0.2, -0.15) is 0 Å². The van der Waals surface area contributed by atoms with Crippen molar-refractivity contribution in [1.29, 1.82) is 0 Å². The van der Waals surface area contributed by atoms with Gasteiger partial charge in [-0.05, 0) is 25.1 Å². The summed E-state index contributed by atoms with van der Waals surface area (Å²) in [6.07, 6.45) is 0. The van der Waals surface area contributed by atoms with Crippen LogP contribution < -0.4 is 4.74 Å². The number of hydrogen-bond acceptors (Lipinski definition) is 1. The largest absolute Gasteiger partial charge is 0.457 e. The average molecular weight is 346 g/mol. The highest BCUT2D eigenvalue weighted by Gasteiger charge is 2.06. The van der Waals surface area contributed by atoms with E-state index in [0.29, 0.717) is 15.8 Å². The molecule has 0 aromatic heterocycles. The highest BCUT2D eigenvalue weighted by molar-refractivity contribution is 9.08. The van der Waals surface area contributed by atoms with Crippen molar-refractivity contribution in [2.24, 2.45) is 0 Å². The first-order chi connectivity index (χ1) is 8.60. The predicted octanol–water partition coefficient (Wildman–Crippen LogP) is 5.99. The summed E-state index contributed by atoms with van der Waals surface area (Å²) in [6, 6.07) is 11.3. The zero-order valence-electron chi connectivity index (χ0n) is 9.71. The van der Waals surface area contributed by atoms with Gasteiger partial charge in [-0.1, -0.05) is 56.8 Å². The maximum absolute atomic E-state index is 5.96. The van der Waals surface area contributed by atoms with Crippen LogP contribution in [0.15, 0.2) is 36.4 Å². The molecule has 0 N–H and O–H groups in total. The summed E-state index contributed by atoms with van der Waals surface area (Å²) in [7, 11) is 0. The Bertz CT molecular complexity index is 570. The minimum absolute atomic E-state index is 0.488. The summed E-state index contributed by atoms with van der Waals surface area (Å²) in [5.41, 5.74) is 2.30. The second-order valence-corrected chi connectivity index (χ2v) is 5.30. The lowest BCUT2D eigenvalue weighted by molar-refractivity contribution is 0.478. The second-order valence-electron chi connectivity index (χ2n) is 3.92. The monoisotopic (exact) mass is 344 g/mol. The molecule has 0 fully saturated rings. The molecule has 2 aromatic rings. The Morgan fingerprint density at radius 1 is 1.06 bits per heavy atom. The van der Waals surface area contributed by atoms with Gasteiger partial charge in [0, 0.05) is 17.0 Å². The summed E-state index contributed by atoms with van der Waals surface area (Å²) in [5, 5.41) is 1.75. The first-order valence-corrected chi connectivity index (χ1v) is 7.26. The van der Waals surface area contributed by atoms with E-state index in [1.54, 1.807) is 18.2 Å². The van der Waals surface area contributed by atoms with Crippen LogP contribution in [0.25, 0.3) is 0 Å². The molecule has 4 heteroatoms. The van der Waals surface area contributed by atoms with Gasteiger partial charge >= 0.3 is 0 Å². The molecule has 0 bridgehead atoms. The molecule has 0 atom stereocenters. The Labute approximate surface area is 125 Å². The lowest BCUT2D eigenvalue weighted by atomic mass is 10.1. The van der Waals surface area contributed by atoms with E-state index in [0.717, 1.165) is 16.6 Å². The smallest absolute Gasteiger partial charge is 0.131 e. The highest BCUT2D eigenvalue weighted by atomic mass is 79.9. The van der Waals surface area contributed by atoms with Crippen molar-refractivity contribution in [3.63, 3.8) is 0 Å². The Morgan fingerprint density at radius 2 is 1.83 bits per heavy atom. The van der Waals surface area contributed by atoms with Gasteiger partial charge in [-0.25, -0.2) is 0 Å². The molecule has 0 aliphatic rings. The number of rotatable bonds is 3. The van der Waals surface area contributed by atoms with Gasteiger partial charge in [0.15, 0.2) is 0 Å². The summed E-state index contributed by atoms with van der Waals surface area (Å²) in [6.45, 7) is 2.05. The van der Waals surface area contributed by atoms with Crippen molar-refractivity contribution >= 4 is 39.1 Å². The SMILES string of the molecule is Cc1ccc(Oc2ccc(Cl)c(Cl)c2)c(CBr)c1. The normalized spacial score (nSPS) is 10.4. The van der Waals surface area contributed by atoms with Crippen LogP contribution in [0.2, 0.25) is 10.0 Å². The highest BCUT2D eigenvalue weighted by Crippen LogP contribution is 2.31. The maximum Gasteiger partial charge on any atom is 0.131 e. The van der Waals surface area contributed by atoms with E-state index >= 15 is 0 Å². The first kappa shape index (κ1) is 13.7. The fourth-order valence-corrected chi connectivity index (χ4v) is 2.31. The molecule has 18 heavy (non-hydrogen) atoms. The molecule has 0 heterocycles. The van der Waals surface area contributed by atoms with Crippen molar-refractivity contribution in [1.82, 2.24) is 0 Å². The summed E-state index contributed by atoms with van der Waals surface area (Å²) in [5.74, 6) is 1.49. The third-order valence-corrected chi connectivity index (χ3v) is 3.82. The van der Waals surface area contributed by atoms with E-state index < -0.39 is 0 Å². The summed E-state index contributed by atoms with van der Waals surface area (Å²) < 4.78 is 5.82. The molecule has 0 saturated carbocycles. The second kappa shape index (κ2) is 5.96. The van der Waals surface area contributed by atoms with Gasteiger partial charge in [-0.15, -0.1) is 0 Å². The Hall–Kier alpha value is -0.700. The number of hydrogen-bond donors (Lipinski definition) is 0. The summed E-state index contributed by atoms with van der Waals surface area (Å²) in [4.78, 5) is 0. The van der Waals surface area contributed by atoms with Gasteiger partial charge < -0.3 is 4.74 Å². The number of aryl methyl sites for hydroxylation is 1. The van der Waals surface area contributed by atoms with Gasteiger partial charge in [0.05, 0.1) is 10.0 Å². The van der Waals surface area contributed by atoms with E-state index in [4.69, 9.17) is 27.9 Å². The zero-order chi connectivity index (χ0) is 13.1. The van der Waals surface area contributed by atoms with Crippen LogP contribution >= 0.6 is 39.1 Å². The van der Waals surface area contributed by atoms with E-state index in [9.17, 15) is 0 Å². The van der Waals surface area contributed by atoms with Crippen LogP contribution in [0.5, 0.6) is 11.5 Å². The fourth-order valence-electron chi connectivity index (χ4n) is 1.58. The molecule has 0 aliphatic carbocycles. The lowest BCUT2D eigenvalue weighted by Gasteiger charge is -2.11. The zero-order valence-corrected chi connectivity index (χ0v) is 12.8. The molecule has 0 unspecified atom stereocenters. The van der Waals surface area contributed by atoms with Crippen LogP contribution in [0, 0.1) is 6.92 Å². The van der Waals surface area contributed by atoms with Crippen molar-refractivity contribution in [2.45, 2.75) is 12.3 Å². The number of alkyl halides is 1. The average Bonchev–Trinajstić information content (AvgIpc) is 2.36. The molecule has 0 amide bonds. The molecular formula is C14H11BrCl2O. The fraction of sp³-hybridized carbons (Fsp3) is 0.143. The summed E-state index contributed by atoms with van der Waals surface area (Å²) >= 11 is 15.3. The molecule has 94 valence electrons. The molecule has 2 aromatic carbocycles. The molecule has 1 nitrogen and oxygen atoms in total. The Balaban J connectivity index is 2.30. The minimum Gasteiger partial charge on any atom is -0.457 e. The van der Waals surface area contributed by atoms with Crippen LogP contribution in [0.3, 0.4) is 0 Å². The van der Waals surface area contributed by atoms with Crippen LogP contribution in [-0.2, 0) is 5.33 Å². The Morgan fingerprint density at radius 3 is 2.50 bits per heavy atom. The lowest BCUT2D eigenvalue weighted by Crippen LogP contribution is -1.90. The number of ether oxygens (including phenoxy) is 1. The molecule has 0 radical (unpaired) electrons. The van der Waals surface area contributed by atoms with Crippen LogP contribution in [-0.4, -0.2) is 0 Å². The molecule has 0 aliphatic heterocycles. The third kappa shape index (κ3) is 3.19. The quantitative estimate of drug-likeness (QED) is 0.621. The van der Waals surface area contributed by atoms with Crippen molar-refractivity contribution in [3.05, 3.63) is 57.6 Å². The Kier molecular flexibility index (Phi) is 4.55. The topological polar surface area (TPSA) is 9.23 Å². The van der Waals surface area contributed by atoms with Crippen molar-refractivity contribution in [2.75, 3.05) is 0 Å². The number of benzene rings is 2. The van der Waals surface area contributed by atoms with Crippen molar-refractivity contribution in [3.8, 4) is 11.5 Å². The van der Waals surface area contributed by atoms with Gasteiger partial charge in [-0.3, -0.25) is 0 Å². The van der Waals surface area contributed by atoms with E-state index in [-0.39, 0.29) is 0 Å². The molecular weight excluding hydrogens is 335 g/mol. The van der Waals surface area contributed by atoms with Gasteiger partial charge in [0.25, 0.3) is 0 Å². The van der Waals surface area contributed by atoms with E-state index in [2.05, 4.69) is 28.9 Å². The first-order valence-electron chi connectivity index (χ1n) is 5.38. The van der Waals surface area contributed by atoms with Crippen molar-refractivity contribution < 1.29 is 4.74 Å². The van der Waals surface area contributed by atoms with E-state index in [1.165, 1.54) is 5.56 Å². The predicted molar refractivity (Wildman–Crippen MR) is 80.3 cm³/mol. The van der Waals surface area contributed by atoms with Gasteiger partial charge in [0.2, 0.25) is 0 Å². The number of halogens is 3. The van der Waals surface area contributed by atoms with Crippen LogP contribution in [0.1, 0.15) is 11.1 Å². The van der Waals surface area contributed by atoms with Crippen LogP contribution in [0.4, 0.5) is 0 Å². The minimum atomic E-state index is 0.488. The molecule has 0 saturated heterocycles. The molecule has 2 rings (SSSR count). The standard InChI is InChI=1S/C14H11BrCl2O/c1-9-2-5-14(10(6-9)8-15)18-11-3-4-12(16)13(17)7-11/h2-7H,8H2,1H3. The maximum atomic E-state index is 5.96. The third-order valence-electron chi connectivity index (χ3n) is 2.48. The van der Waals surface area contributed by atoms with E-state index in [1.807, 2.05) is 12.1 Å².